The molecule has 1 aromatic carbocycles. The predicted octanol–water partition coefficient (Wildman–Crippen LogP) is 1.92. The van der Waals surface area contributed by atoms with Gasteiger partial charge >= 0.3 is 12.0 Å². The van der Waals surface area contributed by atoms with Gasteiger partial charge in [0.1, 0.15) is 12.7 Å². The zero-order chi connectivity index (χ0) is 17.9. The summed E-state index contributed by atoms with van der Waals surface area (Å²) in [6, 6.07) is 6.57. The molecule has 3 heterocycles. The smallest absolute Gasteiger partial charge is 0.316 e. The number of fused-ring (bicyclic) bond motifs is 1. The van der Waals surface area contributed by atoms with E-state index in [2.05, 4.69) is 33.4 Å². The molecule has 140 valence electrons. The monoisotopic (exact) mass is 359 g/mol. The predicted molar refractivity (Wildman–Crippen MR) is 97.5 cm³/mol. The molecule has 0 aliphatic carbocycles. The van der Waals surface area contributed by atoms with E-state index in [-0.39, 0.29) is 12.1 Å². The van der Waals surface area contributed by atoms with Crippen LogP contribution >= 0.6 is 0 Å². The number of likely N-dealkylation sites (tertiary alicyclic amines) is 1. The number of rotatable bonds is 5. The Morgan fingerprint density at radius 3 is 2.85 bits per heavy atom. The molecule has 1 unspecified atom stereocenters. The molecule has 0 spiro atoms. The molecular weight excluding hydrogens is 334 g/mol. The minimum absolute atomic E-state index is 0.0845. The van der Waals surface area contributed by atoms with Crippen molar-refractivity contribution >= 4 is 12.0 Å². The van der Waals surface area contributed by atoms with E-state index in [4.69, 9.17) is 19.6 Å². The molecular formula is C18H25N5O3. The number of ether oxygens (including phenoxy) is 2. The van der Waals surface area contributed by atoms with Crippen LogP contribution in [0.1, 0.15) is 18.4 Å². The van der Waals surface area contributed by atoms with E-state index < -0.39 is 0 Å². The Kier molecular flexibility index (Phi) is 4.83. The number of aryl methyl sites for hydroxylation is 1. The summed E-state index contributed by atoms with van der Waals surface area (Å²) in [6.45, 7) is 6.50. The van der Waals surface area contributed by atoms with Gasteiger partial charge in [-0.2, -0.15) is 0 Å². The summed E-state index contributed by atoms with van der Waals surface area (Å²) < 4.78 is 17.1. The van der Waals surface area contributed by atoms with Gasteiger partial charge in [-0.05, 0) is 56.5 Å². The normalized spacial score (nSPS) is 20.9. The summed E-state index contributed by atoms with van der Waals surface area (Å²) in [5.41, 5.74) is 6.61. The second kappa shape index (κ2) is 7.41. The third-order valence-corrected chi connectivity index (χ3v) is 4.97. The molecule has 0 radical (unpaired) electrons. The van der Waals surface area contributed by atoms with Crippen molar-refractivity contribution in [2.45, 2.75) is 25.9 Å². The molecule has 1 atom stereocenters. The fraction of sp³-hybridized carbons (Fsp3) is 0.556. The highest BCUT2D eigenvalue weighted by molar-refractivity contribution is 5.43. The van der Waals surface area contributed by atoms with Crippen molar-refractivity contribution in [2.24, 2.45) is 5.92 Å². The van der Waals surface area contributed by atoms with Gasteiger partial charge in [-0.25, -0.2) is 0 Å². The molecule has 1 saturated heterocycles. The lowest BCUT2D eigenvalue weighted by Gasteiger charge is -2.35. The van der Waals surface area contributed by atoms with Crippen LogP contribution in [0.15, 0.2) is 22.6 Å². The molecule has 2 aliphatic rings. The van der Waals surface area contributed by atoms with Gasteiger partial charge in [0.2, 0.25) is 0 Å². The quantitative estimate of drug-likeness (QED) is 0.835. The van der Waals surface area contributed by atoms with Crippen LogP contribution < -0.4 is 20.5 Å². The molecule has 26 heavy (non-hydrogen) atoms. The fourth-order valence-corrected chi connectivity index (χ4v) is 3.51. The van der Waals surface area contributed by atoms with Gasteiger partial charge in [0.05, 0.1) is 0 Å². The van der Waals surface area contributed by atoms with Crippen molar-refractivity contribution in [3.05, 3.63) is 23.8 Å². The van der Waals surface area contributed by atoms with Crippen LogP contribution in [0.5, 0.6) is 11.5 Å². The second-order valence-corrected chi connectivity index (χ2v) is 7.07. The van der Waals surface area contributed by atoms with E-state index in [0.717, 1.165) is 50.5 Å². The lowest BCUT2D eigenvalue weighted by Crippen LogP contribution is -2.44. The summed E-state index contributed by atoms with van der Waals surface area (Å²) in [4.78, 5) is 2.45. The Balaban J connectivity index is 1.21. The van der Waals surface area contributed by atoms with Crippen molar-refractivity contribution < 1.29 is 13.9 Å². The second-order valence-electron chi connectivity index (χ2n) is 7.07. The highest BCUT2D eigenvalue weighted by Crippen LogP contribution is 2.32. The highest BCUT2D eigenvalue weighted by Gasteiger charge is 2.26. The average molecular weight is 359 g/mol. The van der Waals surface area contributed by atoms with Gasteiger partial charge in [0.25, 0.3) is 0 Å². The number of nitrogens with one attached hydrogen (secondary N) is 1. The van der Waals surface area contributed by atoms with Crippen LogP contribution in [0.2, 0.25) is 0 Å². The summed E-state index contributed by atoms with van der Waals surface area (Å²) >= 11 is 0. The molecule has 0 bridgehead atoms. The summed E-state index contributed by atoms with van der Waals surface area (Å²) in [5, 5.41) is 10.6. The number of anilines is 2. The molecule has 4 rings (SSSR count). The molecule has 8 heteroatoms. The molecule has 1 aromatic heterocycles. The lowest BCUT2D eigenvalue weighted by molar-refractivity contribution is 0.0484. The van der Waals surface area contributed by atoms with Gasteiger partial charge in [-0.1, -0.05) is 16.3 Å². The first-order valence-electron chi connectivity index (χ1n) is 9.11. The Labute approximate surface area is 152 Å². The Morgan fingerprint density at radius 2 is 2.08 bits per heavy atom. The molecule has 2 aromatic rings. The van der Waals surface area contributed by atoms with Gasteiger partial charge in [-0.3, -0.25) is 4.90 Å². The molecule has 0 amide bonds. The number of aromatic nitrogens is 2. The van der Waals surface area contributed by atoms with Crippen molar-refractivity contribution in [1.82, 2.24) is 15.1 Å². The number of nitrogen functional groups attached to an aromatic ring is 1. The van der Waals surface area contributed by atoms with E-state index in [1.54, 1.807) is 0 Å². The van der Waals surface area contributed by atoms with Crippen LogP contribution in [0.3, 0.4) is 0 Å². The Bertz CT molecular complexity index is 742. The highest BCUT2D eigenvalue weighted by atomic mass is 16.6. The van der Waals surface area contributed by atoms with Gasteiger partial charge in [-0.15, -0.1) is 0 Å². The zero-order valence-electron chi connectivity index (χ0n) is 15.0. The van der Waals surface area contributed by atoms with Crippen LogP contribution in [0.4, 0.5) is 12.0 Å². The maximum atomic E-state index is 6.11. The minimum Gasteiger partial charge on any atom is -0.486 e. The first-order chi connectivity index (χ1) is 12.7. The summed E-state index contributed by atoms with van der Waals surface area (Å²) in [7, 11) is 0. The molecule has 0 saturated carbocycles. The van der Waals surface area contributed by atoms with Crippen molar-refractivity contribution in [2.75, 3.05) is 43.8 Å². The lowest BCUT2D eigenvalue weighted by atomic mass is 9.96. The first kappa shape index (κ1) is 17.0. The number of benzene rings is 1. The molecule has 8 nitrogen and oxygen atoms in total. The van der Waals surface area contributed by atoms with Crippen molar-refractivity contribution in [1.29, 1.82) is 0 Å². The van der Waals surface area contributed by atoms with Crippen LogP contribution in [0.25, 0.3) is 0 Å². The molecule has 3 N–H and O–H groups in total. The maximum Gasteiger partial charge on any atom is 0.316 e. The van der Waals surface area contributed by atoms with E-state index in [0.29, 0.717) is 18.5 Å². The van der Waals surface area contributed by atoms with Crippen LogP contribution in [0, 0.1) is 12.8 Å². The molecule has 2 aliphatic heterocycles. The number of piperidine rings is 1. The van der Waals surface area contributed by atoms with E-state index >= 15 is 0 Å². The minimum atomic E-state index is 0.0845. The number of nitrogens with two attached hydrogens (primary N) is 1. The van der Waals surface area contributed by atoms with Gasteiger partial charge in [0.15, 0.2) is 11.5 Å². The summed E-state index contributed by atoms with van der Waals surface area (Å²) in [5.74, 6) is 2.30. The largest absolute Gasteiger partial charge is 0.486 e. The van der Waals surface area contributed by atoms with Crippen molar-refractivity contribution in [3.63, 3.8) is 0 Å². The fourth-order valence-electron chi connectivity index (χ4n) is 3.51. The third kappa shape index (κ3) is 4.01. The van der Waals surface area contributed by atoms with Gasteiger partial charge in [0, 0.05) is 13.1 Å². The number of nitrogens with zero attached hydrogens (tertiary/aromatic N) is 3. The SMILES string of the molecule is Cc1ccc2c(c1)OCC(CN1CCC(CNc3nnc(N)o3)CC1)O2. The Morgan fingerprint density at radius 1 is 1.23 bits per heavy atom. The summed E-state index contributed by atoms with van der Waals surface area (Å²) in [6.07, 6.45) is 2.33. The van der Waals surface area contributed by atoms with E-state index in [1.165, 1.54) is 5.56 Å². The number of hydrogen-bond donors (Lipinski definition) is 2. The Hall–Kier alpha value is -2.48. The average Bonchev–Trinajstić information content (AvgIpc) is 3.07. The van der Waals surface area contributed by atoms with Crippen LogP contribution in [-0.4, -0.2) is 54.0 Å². The van der Waals surface area contributed by atoms with Gasteiger partial charge < -0.3 is 24.9 Å². The topological polar surface area (TPSA) is 98.7 Å². The number of hydrogen-bond acceptors (Lipinski definition) is 8. The standard InChI is InChI=1S/C18H25N5O3/c1-12-2-3-15-16(8-12)24-11-14(25-15)10-23-6-4-13(5-7-23)9-20-18-22-21-17(19)26-18/h2-3,8,13-14H,4-7,9-11H2,1H3,(H2,19,21)(H,20,22). The maximum absolute atomic E-state index is 6.11. The van der Waals surface area contributed by atoms with Crippen LogP contribution in [-0.2, 0) is 0 Å². The first-order valence-corrected chi connectivity index (χ1v) is 9.11. The van der Waals surface area contributed by atoms with E-state index in [1.807, 2.05) is 12.1 Å². The van der Waals surface area contributed by atoms with Crippen molar-refractivity contribution in [3.8, 4) is 11.5 Å². The third-order valence-electron chi connectivity index (χ3n) is 4.97. The molecule has 1 fully saturated rings. The zero-order valence-corrected chi connectivity index (χ0v) is 15.0. The van der Waals surface area contributed by atoms with E-state index in [9.17, 15) is 0 Å².